The Morgan fingerprint density at radius 1 is 1.50 bits per heavy atom. The van der Waals surface area contributed by atoms with E-state index in [0.717, 1.165) is 38.1 Å². The van der Waals surface area contributed by atoms with Gasteiger partial charge in [-0.25, -0.2) is 4.98 Å². The minimum Gasteiger partial charge on any atom is -0.497 e. The van der Waals surface area contributed by atoms with E-state index in [1.807, 2.05) is 18.2 Å². The quantitative estimate of drug-likeness (QED) is 0.809. The number of hydrogen-bond acceptors (Lipinski definition) is 6. The predicted molar refractivity (Wildman–Crippen MR) is 75.0 cm³/mol. The van der Waals surface area contributed by atoms with Crippen LogP contribution in [0.5, 0.6) is 5.75 Å². The van der Waals surface area contributed by atoms with E-state index in [1.165, 1.54) is 0 Å². The molecule has 0 spiro atoms. The van der Waals surface area contributed by atoms with Gasteiger partial charge in [0.1, 0.15) is 28.1 Å². The fourth-order valence-electron chi connectivity index (χ4n) is 1.70. The third kappa shape index (κ3) is 2.02. The second-order valence-corrected chi connectivity index (χ2v) is 5.84. The number of fused-ring (bicyclic) bond motifs is 1. The Morgan fingerprint density at radius 3 is 3.11 bits per heavy atom. The maximum Gasteiger partial charge on any atom is 0.149 e. The Morgan fingerprint density at radius 2 is 2.39 bits per heavy atom. The number of rotatable bonds is 3. The van der Waals surface area contributed by atoms with Crippen molar-refractivity contribution in [3.8, 4) is 5.75 Å². The highest BCUT2D eigenvalue weighted by Crippen LogP contribution is 2.31. The van der Waals surface area contributed by atoms with Crippen molar-refractivity contribution in [2.45, 2.75) is 6.04 Å². The molecule has 0 saturated carbocycles. The second kappa shape index (κ2) is 4.70. The molecule has 2 aromatic rings. The highest BCUT2D eigenvalue weighted by Gasteiger charge is 2.21. The van der Waals surface area contributed by atoms with Crippen LogP contribution < -0.4 is 4.74 Å². The summed E-state index contributed by atoms with van der Waals surface area (Å²) >= 11 is 3.17. The van der Waals surface area contributed by atoms with Gasteiger partial charge in [-0.05, 0) is 18.2 Å². The molecule has 1 aromatic heterocycles. The molecule has 0 aliphatic carbocycles. The lowest BCUT2D eigenvalue weighted by Gasteiger charge is -1.96. The standard InChI is InChI=1S/C12H10N2O2S2/c1-16-8-2-3-9-10(4-8)18-12(14-9)11-13-7(5-15)6-17-11/h2-5,7H,6H2,1H3/t7-/m0/s1. The highest BCUT2D eigenvalue weighted by atomic mass is 32.2. The smallest absolute Gasteiger partial charge is 0.149 e. The lowest BCUT2D eigenvalue weighted by Crippen LogP contribution is -2.03. The topological polar surface area (TPSA) is 51.6 Å². The molecule has 4 nitrogen and oxygen atoms in total. The van der Waals surface area contributed by atoms with Gasteiger partial charge in [0, 0.05) is 5.75 Å². The van der Waals surface area contributed by atoms with Crippen LogP contribution >= 0.6 is 23.1 Å². The number of thiazole rings is 1. The van der Waals surface area contributed by atoms with Gasteiger partial charge in [-0.3, -0.25) is 4.99 Å². The van der Waals surface area contributed by atoms with Crippen LogP contribution in [0.25, 0.3) is 10.2 Å². The van der Waals surface area contributed by atoms with Crippen molar-refractivity contribution >= 4 is 44.6 Å². The van der Waals surface area contributed by atoms with Gasteiger partial charge in [-0.2, -0.15) is 0 Å². The number of hydrogen-bond donors (Lipinski definition) is 0. The Hall–Kier alpha value is -1.40. The Bertz CT molecular complexity index is 636. The van der Waals surface area contributed by atoms with Gasteiger partial charge in [0.2, 0.25) is 0 Å². The maximum atomic E-state index is 10.7. The molecule has 0 N–H and O–H groups in total. The average molecular weight is 278 g/mol. The predicted octanol–water partition coefficient (Wildman–Crippen LogP) is 2.37. The molecule has 0 radical (unpaired) electrons. The Balaban J connectivity index is 2.01. The van der Waals surface area contributed by atoms with Gasteiger partial charge >= 0.3 is 0 Å². The number of carbonyl (C=O) groups is 1. The maximum absolute atomic E-state index is 10.7. The molecule has 1 aromatic carbocycles. The van der Waals surface area contributed by atoms with Crippen LogP contribution in [0.15, 0.2) is 23.2 Å². The van der Waals surface area contributed by atoms with Gasteiger partial charge in [0.15, 0.2) is 0 Å². The van der Waals surface area contributed by atoms with Crippen LogP contribution in [0.4, 0.5) is 0 Å². The molecule has 0 amide bonds. The molecular formula is C12H10N2O2S2. The first-order chi connectivity index (χ1) is 8.80. The summed E-state index contributed by atoms with van der Waals surface area (Å²) in [6, 6.07) is 5.58. The van der Waals surface area contributed by atoms with Gasteiger partial charge < -0.3 is 9.53 Å². The number of methoxy groups -OCH3 is 1. The van der Waals surface area contributed by atoms with Crippen molar-refractivity contribution in [1.29, 1.82) is 0 Å². The monoisotopic (exact) mass is 278 g/mol. The summed E-state index contributed by atoms with van der Waals surface area (Å²) in [4.78, 5) is 19.6. The van der Waals surface area contributed by atoms with Crippen molar-refractivity contribution in [1.82, 2.24) is 4.98 Å². The second-order valence-electron chi connectivity index (χ2n) is 3.80. The van der Waals surface area contributed by atoms with Crippen LogP contribution in [0.2, 0.25) is 0 Å². The third-order valence-corrected chi connectivity index (χ3v) is 4.84. The van der Waals surface area contributed by atoms with Crippen molar-refractivity contribution in [2.24, 2.45) is 4.99 Å². The number of aldehydes is 1. The van der Waals surface area contributed by atoms with Crippen molar-refractivity contribution in [2.75, 3.05) is 12.9 Å². The number of aromatic nitrogens is 1. The molecule has 6 heteroatoms. The molecule has 1 aliphatic rings. The summed E-state index contributed by atoms with van der Waals surface area (Å²) in [6.07, 6.45) is 0.885. The Labute approximate surface area is 112 Å². The van der Waals surface area contributed by atoms with E-state index in [2.05, 4.69) is 9.98 Å². The average Bonchev–Trinajstić information content (AvgIpc) is 3.03. The number of thioether (sulfide) groups is 1. The number of carbonyl (C=O) groups excluding carboxylic acids is 1. The summed E-state index contributed by atoms with van der Waals surface area (Å²) in [5.74, 6) is 1.54. The lowest BCUT2D eigenvalue weighted by atomic mass is 10.3. The molecule has 0 fully saturated rings. The lowest BCUT2D eigenvalue weighted by molar-refractivity contribution is -0.108. The molecule has 1 atom stereocenters. The molecule has 0 saturated heterocycles. The number of aliphatic imine (C=N–C) groups is 1. The van der Waals surface area contributed by atoms with Gasteiger partial charge in [0.25, 0.3) is 0 Å². The molecule has 0 unspecified atom stereocenters. The zero-order chi connectivity index (χ0) is 12.5. The summed E-state index contributed by atoms with van der Waals surface area (Å²) < 4.78 is 6.26. The highest BCUT2D eigenvalue weighted by molar-refractivity contribution is 8.15. The Kier molecular flexibility index (Phi) is 3.05. The molecule has 1 aliphatic heterocycles. The minimum absolute atomic E-state index is 0.216. The first kappa shape index (κ1) is 11.7. The number of nitrogens with zero attached hydrogens (tertiary/aromatic N) is 2. The van der Waals surface area contributed by atoms with E-state index < -0.39 is 0 Å². The number of benzene rings is 1. The molecule has 92 valence electrons. The first-order valence-electron chi connectivity index (χ1n) is 5.41. The van der Waals surface area contributed by atoms with Crippen LogP contribution in [0.3, 0.4) is 0 Å². The SMILES string of the molecule is COc1ccc2nc(C3=N[C@@H](C=O)CS3)sc2c1. The van der Waals surface area contributed by atoms with E-state index in [4.69, 9.17) is 4.74 Å². The molecule has 18 heavy (non-hydrogen) atoms. The van der Waals surface area contributed by atoms with Crippen LogP contribution in [0.1, 0.15) is 5.01 Å². The zero-order valence-electron chi connectivity index (χ0n) is 9.62. The van der Waals surface area contributed by atoms with Gasteiger partial charge in [-0.1, -0.05) is 0 Å². The van der Waals surface area contributed by atoms with E-state index in [0.29, 0.717) is 0 Å². The van der Waals surface area contributed by atoms with Gasteiger partial charge in [0.05, 0.1) is 17.3 Å². The normalized spacial score (nSPS) is 18.9. The fraction of sp³-hybridized carbons (Fsp3) is 0.250. The summed E-state index contributed by atoms with van der Waals surface area (Å²) in [7, 11) is 1.65. The summed E-state index contributed by atoms with van der Waals surface area (Å²) in [5.41, 5.74) is 0.939. The minimum atomic E-state index is -0.216. The van der Waals surface area contributed by atoms with E-state index in [9.17, 15) is 4.79 Å². The van der Waals surface area contributed by atoms with Crippen LogP contribution in [0, 0.1) is 0 Å². The molecule has 2 heterocycles. The molecule has 0 bridgehead atoms. The first-order valence-corrected chi connectivity index (χ1v) is 7.21. The molecule has 3 rings (SSSR count). The van der Waals surface area contributed by atoms with Crippen molar-refractivity contribution in [3.05, 3.63) is 23.2 Å². The van der Waals surface area contributed by atoms with Crippen LogP contribution in [-0.4, -0.2) is 35.2 Å². The van der Waals surface area contributed by atoms with Crippen LogP contribution in [-0.2, 0) is 4.79 Å². The zero-order valence-corrected chi connectivity index (χ0v) is 11.3. The van der Waals surface area contributed by atoms with E-state index in [-0.39, 0.29) is 6.04 Å². The van der Waals surface area contributed by atoms with Crippen molar-refractivity contribution in [3.63, 3.8) is 0 Å². The summed E-state index contributed by atoms with van der Waals surface area (Å²) in [6.45, 7) is 0. The fourth-order valence-corrected chi connectivity index (χ4v) is 3.75. The third-order valence-electron chi connectivity index (χ3n) is 2.61. The summed E-state index contributed by atoms with van der Waals surface area (Å²) in [5, 5.41) is 1.75. The van der Waals surface area contributed by atoms with E-state index in [1.54, 1.807) is 30.2 Å². The molecular weight excluding hydrogens is 268 g/mol. The van der Waals surface area contributed by atoms with E-state index >= 15 is 0 Å². The number of ether oxygens (including phenoxy) is 1. The van der Waals surface area contributed by atoms with Crippen molar-refractivity contribution < 1.29 is 9.53 Å². The van der Waals surface area contributed by atoms with Gasteiger partial charge in [-0.15, -0.1) is 23.1 Å². The largest absolute Gasteiger partial charge is 0.497 e.